The molecule has 0 amide bonds. The molecule has 0 saturated carbocycles. The quantitative estimate of drug-likeness (QED) is 0.326. The fraction of sp³-hybridized carbons (Fsp3) is 0.889. The van der Waals surface area contributed by atoms with Crippen LogP contribution in [0.1, 0.15) is 27.2 Å². The van der Waals surface area contributed by atoms with E-state index in [1.165, 1.54) is 0 Å². The van der Waals surface area contributed by atoms with Crippen molar-refractivity contribution in [3.8, 4) is 0 Å². The van der Waals surface area contributed by atoms with E-state index in [1.807, 2.05) is 0 Å². The highest BCUT2D eigenvalue weighted by Crippen LogP contribution is 2.08. The largest absolute Gasteiger partial charge is 0.508 e. The Balaban J connectivity index is 3.35. The molecule has 0 heterocycles. The summed E-state index contributed by atoms with van der Waals surface area (Å²) in [6.07, 6.45) is 0.106. The lowest BCUT2D eigenvalue weighted by Crippen LogP contribution is -2.24. The lowest BCUT2D eigenvalue weighted by atomic mass is 10.2. The summed E-state index contributed by atoms with van der Waals surface area (Å²) in [6.45, 7) is 5.70. The molecule has 0 bridgehead atoms. The maximum absolute atomic E-state index is 11.1. The van der Waals surface area contributed by atoms with Crippen LogP contribution >= 0.6 is 23.2 Å². The summed E-state index contributed by atoms with van der Waals surface area (Å²) in [5.41, 5.74) is -0.514. The van der Waals surface area contributed by atoms with Gasteiger partial charge in [0.1, 0.15) is 5.60 Å². The number of hydrogen-bond acceptors (Lipinski definition) is 4. The zero-order valence-electron chi connectivity index (χ0n) is 9.79. The molecule has 0 saturated heterocycles. The summed E-state index contributed by atoms with van der Waals surface area (Å²) in [5.74, 6) is 0. The van der Waals surface area contributed by atoms with Gasteiger partial charge in [-0.2, -0.15) is 0 Å². The van der Waals surface area contributed by atoms with Crippen molar-refractivity contribution in [2.45, 2.75) is 43.9 Å². The van der Waals surface area contributed by atoms with Crippen molar-refractivity contribution >= 4 is 39.1 Å². The van der Waals surface area contributed by atoms with E-state index < -0.39 is 26.5 Å². The number of rotatable bonds is 6. The second-order valence-corrected chi connectivity index (χ2v) is 6.62. The number of carbonyl (C=O) groups excluding carboxylic acids is 1. The minimum absolute atomic E-state index is 0.334. The number of halogens is 2. The fourth-order valence-electron chi connectivity index (χ4n) is 0.812. The second-order valence-electron chi connectivity index (χ2n) is 4.15. The first-order chi connectivity index (χ1) is 7.31. The third-order valence-electron chi connectivity index (χ3n) is 1.39. The molecular formula is C9H18Cl2O4Si. The monoisotopic (exact) mass is 288 g/mol. The maximum Gasteiger partial charge on any atom is 0.508 e. The molecule has 4 nitrogen and oxygen atoms in total. The highest BCUT2D eigenvalue weighted by Gasteiger charge is 2.16. The summed E-state index contributed by atoms with van der Waals surface area (Å²) in [4.78, 5) is 11.1. The van der Waals surface area contributed by atoms with Crippen molar-refractivity contribution in [1.29, 1.82) is 0 Å². The van der Waals surface area contributed by atoms with Crippen molar-refractivity contribution in [1.82, 2.24) is 0 Å². The van der Waals surface area contributed by atoms with Crippen LogP contribution in [0.15, 0.2) is 0 Å². The van der Waals surface area contributed by atoms with Gasteiger partial charge < -0.3 is 13.9 Å². The Morgan fingerprint density at radius 3 is 2.50 bits per heavy atom. The molecule has 0 N–H and O–H groups in total. The van der Waals surface area contributed by atoms with E-state index in [1.54, 1.807) is 20.8 Å². The Labute approximate surface area is 108 Å². The van der Waals surface area contributed by atoms with Crippen LogP contribution in [0.3, 0.4) is 0 Å². The zero-order chi connectivity index (χ0) is 12.6. The molecule has 0 atom stereocenters. The molecular weight excluding hydrogens is 271 g/mol. The molecule has 0 rings (SSSR count). The Morgan fingerprint density at radius 2 is 2.00 bits per heavy atom. The summed E-state index contributed by atoms with van der Waals surface area (Å²) in [7, 11) is -0.711. The number of carbonyl (C=O) groups is 1. The molecule has 0 aromatic heterocycles. The maximum atomic E-state index is 11.1. The van der Waals surface area contributed by atoms with Gasteiger partial charge in [-0.05, 0) is 33.2 Å². The lowest BCUT2D eigenvalue weighted by molar-refractivity contribution is -0.00708. The minimum Gasteiger partial charge on any atom is -0.434 e. The van der Waals surface area contributed by atoms with Crippen molar-refractivity contribution in [3.05, 3.63) is 0 Å². The fourth-order valence-corrected chi connectivity index (χ4v) is 2.10. The van der Waals surface area contributed by atoms with E-state index in [9.17, 15) is 4.79 Å². The molecule has 0 radical (unpaired) electrons. The van der Waals surface area contributed by atoms with Gasteiger partial charge in [-0.1, -0.05) is 23.2 Å². The van der Waals surface area contributed by atoms with Crippen LogP contribution in [-0.4, -0.2) is 33.1 Å². The van der Waals surface area contributed by atoms with Gasteiger partial charge in [0.2, 0.25) is 0 Å². The molecule has 0 aromatic rings. The third-order valence-corrected chi connectivity index (χ3v) is 3.42. The summed E-state index contributed by atoms with van der Waals surface area (Å²) < 4.78 is 14.9. The molecule has 0 aliphatic heterocycles. The van der Waals surface area contributed by atoms with Gasteiger partial charge in [-0.3, -0.25) is 0 Å². The first kappa shape index (κ1) is 16.0. The smallest absolute Gasteiger partial charge is 0.434 e. The van der Waals surface area contributed by atoms with Gasteiger partial charge >= 0.3 is 6.16 Å². The van der Waals surface area contributed by atoms with Crippen LogP contribution in [-0.2, 0) is 13.9 Å². The third kappa shape index (κ3) is 12.1. The zero-order valence-corrected chi connectivity index (χ0v) is 12.7. The van der Waals surface area contributed by atoms with Gasteiger partial charge in [-0.25, -0.2) is 4.79 Å². The van der Waals surface area contributed by atoms with Crippen LogP contribution in [0.4, 0.5) is 4.79 Å². The average molecular weight is 289 g/mol. The van der Waals surface area contributed by atoms with E-state index in [4.69, 9.17) is 37.1 Å². The predicted octanol–water partition coefficient (Wildman–Crippen LogP) is 2.61. The summed E-state index contributed by atoms with van der Waals surface area (Å²) >= 11 is 10.8. The SMILES string of the molecule is CC(C)(C)OC(=O)OCCC[SiH2]OC(Cl)Cl. The van der Waals surface area contributed by atoms with Gasteiger partial charge in [0.15, 0.2) is 14.8 Å². The topological polar surface area (TPSA) is 44.8 Å². The minimum atomic E-state index is -0.738. The van der Waals surface area contributed by atoms with Crippen LogP contribution < -0.4 is 0 Å². The highest BCUT2D eigenvalue weighted by atomic mass is 35.5. The van der Waals surface area contributed by atoms with Crippen molar-refractivity contribution < 1.29 is 18.7 Å². The van der Waals surface area contributed by atoms with Crippen LogP contribution in [0.5, 0.6) is 0 Å². The number of hydrogen-bond donors (Lipinski definition) is 0. The molecule has 0 unspecified atom stereocenters. The van der Waals surface area contributed by atoms with E-state index in [0.717, 1.165) is 12.5 Å². The van der Waals surface area contributed by atoms with Gasteiger partial charge in [0.05, 0.1) is 6.61 Å². The van der Waals surface area contributed by atoms with E-state index in [-0.39, 0.29) is 0 Å². The second kappa shape index (κ2) is 8.17. The van der Waals surface area contributed by atoms with Crippen molar-refractivity contribution in [3.63, 3.8) is 0 Å². The van der Waals surface area contributed by atoms with E-state index in [0.29, 0.717) is 6.61 Å². The highest BCUT2D eigenvalue weighted by molar-refractivity contribution is 6.45. The Morgan fingerprint density at radius 1 is 1.38 bits per heavy atom. The van der Waals surface area contributed by atoms with Gasteiger partial charge in [-0.15, -0.1) is 0 Å². The summed E-state index contributed by atoms with van der Waals surface area (Å²) in [5, 5.41) is -0.738. The molecule has 7 heteroatoms. The normalized spacial score (nSPS) is 12.4. The van der Waals surface area contributed by atoms with Gasteiger partial charge in [0, 0.05) is 0 Å². The van der Waals surface area contributed by atoms with E-state index in [2.05, 4.69) is 0 Å². The number of ether oxygens (including phenoxy) is 2. The average Bonchev–Trinajstić information content (AvgIpc) is 2.07. The van der Waals surface area contributed by atoms with E-state index >= 15 is 0 Å². The molecule has 96 valence electrons. The van der Waals surface area contributed by atoms with Crippen molar-refractivity contribution in [2.24, 2.45) is 0 Å². The molecule has 16 heavy (non-hydrogen) atoms. The Kier molecular flexibility index (Phi) is 8.18. The Bertz CT molecular complexity index is 206. The standard InChI is InChI=1S/C9H18Cl2O4Si/c1-9(2,3)14-8(12)13-5-4-6-16-15-7(10)11/h7H,4-6,16H2,1-3H3. The molecule has 0 aliphatic rings. The predicted molar refractivity (Wildman–Crippen MR) is 66.7 cm³/mol. The van der Waals surface area contributed by atoms with Crippen LogP contribution in [0.25, 0.3) is 0 Å². The van der Waals surface area contributed by atoms with Crippen molar-refractivity contribution in [2.75, 3.05) is 6.61 Å². The number of alkyl halides is 2. The molecule has 0 aliphatic carbocycles. The van der Waals surface area contributed by atoms with Crippen LogP contribution in [0.2, 0.25) is 6.04 Å². The summed E-state index contributed by atoms with van der Waals surface area (Å²) in [6, 6.07) is 0.860. The molecule has 0 spiro atoms. The first-order valence-electron chi connectivity index (χ1n) is 5.07. The Hall–Kier alpha value is 0.0269. The molecule has 0 aromatic carbocycles. The molecule has 0 fully saturated rings. The lowest BCUT2D eigenvalue weighted by Gasteiger charge is -2.18. The van der Waals surface area contributed by atoms with Gasteiger partial charge in [0.25, 0.3) is 0 Å². The first-order valence-corrected chi connectivity index (χ1v) is 7.52. The van der Waals surface area contributed by atoms with Crippen LogP contribution in [0, 0.1) is 0 Å².